The van der Waals surface area contributed by atoms with Gasteiger partial charge in [-0.2, -0.15) is 0 Å². The maximum absolute atomic E-state index is 5.92. The first kappa shape index (κ1) is 8.02. The molecule has 2 rings (SSSR count). The highest BCUT2D eigenvalue weighted by molar-refractivity contribution is 7.19. The predicted molar refractivity (Wildman–Crippen MR) is 54.0 cm³/mol. The van der Waals surface area contributed by atoms with Crippen LogP contribution in [0.25, 0.3) is 10.1 Å². The van der Waals surface area contributed by atoms with E-state index in [4.69, 9.17) is 11.6 Å². The lowest BCUT2D eigenvalue weighted by Crippen LogP contribution is -1.71. The Morgan fingerprint density at radius 3 is 3.08 bits per heavy atom. The zero-order valence-electron chi connectivity index (χ0n) is 6.67. The third kappa shape index (κ3) is 1.21. The van der Waals surface area contributed by atoms with Gasteiger partial charge in [0, 0.05) is 21.2 Å². The molecule has 3 heteroatoms. The number of halogens is 1. The molecule has 0 spiro atoms. The van der Waals surface area contributed by atoms with E-state index >= 15 is 0 Å². The number of hydrogen-bond acceptors (Lipinski definition) is 2. The second kappa shape index (κ2) is 3.04. The fourth-order valence-electron chi connectivity index (χ4n) is 1.16. The van der Waals surface area contributed by atoms with Crippen molar-refractivity contribution in [2.75, 3.05) is 0 Å². The van der Waals surface area contributed by atoms with Crippen LogP contribution < -0.4 is 0 Å². The van der Waals surface area contributed by atoms with E-state index in [0.29, 0.717) is 5.15 Å². The predicted octanol–water partition coefficient (Wildman–Crippen LogP) is 3.51. The highest BCUT2D eigenvalue weighted by Crippen LogP contribution is 2.29. The van der Waals surface area contributed by atoms with Crippen molar-refractivity contribution in [3.63, 3.8) is 0 Å². The quantitative estimate of drug-likeness (QED) is 0.638. The van der Waals surface area contributed by atoms with Gasteiger partial charge in [-0.25, -0.2) is 4.98 Å². The van der Waals surface area contributed by atoms with Gasteiger partial charge in [0.2, 0.25) is 0 Å². The molecule has 0 amide bonds. The highest BCUT2D eigenvalue weighted by atomic mass is 35.5. The van der Waals surface area contributed by atoms with Crippen LogP contribution in [0.1, 0.15) is 11.8 Å². The lowest BCUT2D eigenvalue weighted by atomic mass is 10.3. The fraction of sp³-hybridized carbons (Fsp3) is 0.222. The van der Waals surface area contributed by atoms with E-state index in [-0.39, 0.29) is 0 Å². The lowest BCUT2D eigenvalue weighted by Gasteiger charge is -1.88. The largest absolute Gasteiger partial charge is 0.244 e. The van der Waals surface area contributed by atoms with Crippen molar-refractivity contribution >= 4 is 33.0 Å². The van der Waals surface area contributed by atoms with Crippen LogP contribution in [0.4, 0.5) is 0 Å². The van der Waals surface area contributed by atoms with E-state index in [1.807, 2.05) is 6.07 Å². The van der Waals surface area contributed by atoms with Gasteiger partial charge < -0.3 is 0 Å². The number of rotatable bonds is 1. The molecular formula is C9H8ClNS. The van der Waals surface area contributed by atoms with E-state index in [1.54, 1.807) is 17.5 Å². The molecule has 0 fully saturated rings. The van der Waals surface area contributed by atoms with Crippen LogP contribution in [0.15, 0.2) is 18.3 Å². The van der Waals surface area contributed by atoms with Crippen LogP contribution in [-0.4, -0.2) is 4.98 Å². The molecule has 2 heterocycles. The van der Waals surface area contributed by atoms with Gasteiger partial charge in [-0.1, -0.05) is 18.5 Å². The van der Waals surface area contributed by atoms with Gasteiger partial charge in [0.25, 0.3) is 0 Å². The molecule has 12 heavy (non-hydrogen) atoms. The molecule has 0 unspecified atom stereocenters. The zero-order valence-corrected chi connectivity index (χ0v) is 8.25. The van der Waals surface area contributed by atoms with Crippen molar-refractivity contribution in [3.05, 3.63) is 28.4 Å². The Morgan fingerprint density at radius 1 is 1.58 bits per heavy atom. The van der Waals surface area contributed by atoms with Crippen LogP contribution in [0, 0.1) is 0 Å². The molecule has 1 nitrogen and oxygen atoms in total. The number of aromatic nitrogens is 1. The van der Waals surface area contributed by atoms with Gasteiger partial charge in [-0.3, -0.25) is 0 Å². The standard InChI is InChI=1S/C9H8ClNS/c1-2-6-5-7-8(12-6)3-4-11-9(7)10/h3-5H,2H2,1H3. The average molecular weight is 198 g/mol. The second-order valence-corrected chi connectivity index (χ2v) is 4.11. The van der Waals surface area contributed by atoms with Gasteiger partial charge in [0.1, 0.15) is 5.15 Å². The molecule has 0 N–H and O–H groups in total. The number of thiophene rings is 1. The Balaban J connectivity index is 2.74. The third-order valence-electron chi connectivity index (χ3n) is 1.80. The van der Waals surface area contributed by atoms with Gasteiger partial charge in [-0.15, -0.1) is 11.3 Å². The lowest BCUT2D eigenvalue weighted by molar-refractivity contribution is 1.19. The minimum atomic E-state index is 0.614. The van der Waals surface area contributed by atoms with Crippen LogP contribution >= 0.6 is 22.9 Å². The molecule has 2 aromatic rings. The molecule has 0 bridgehead atoms. The summed E-state index contributed by atoms with van der Waals surface area (Å²) in [5, 5.41) is 1.70. The van der Waals surface area contributed by atoms with E-state index < -0.39 is 0 Å². The molecule has 0 aliphatic rings. The van der Waals surface area contributed by atoms with Crippen molar-refractivity contribution in [3.8, 4) is 0 Å². The first-order chi connectivity index (χ1) is 5.81. The molecule has 2 aromatic heterocycles. The van der Waals surface area contributed by atoms with E-state index in [2.05, 4.69) is 18.0 Å². The summed E-state index contributed by atoms with van der Waals surface area (Å²) in [6.45, 7) is 2.14. The van der Waals surface area contributed by atoms with E-state index in [9.17, 15) is 0 Å². The van der Waals surface area contributed by atoms with Crippen LogP contribution in [-0.2, 0) is 6.42 Å². The van der Waals surface area contributed by atoms with Crippen molar-refractivity contribution in [1.82, 2.24) is 4.98 Å². The monoisotopic (exact) mass is 197 g/mol. The van der Waals surface area contributed by atoms with E-state index in [0.717, 1.165) is 11.8 Å². The Morgan fingerprint density at radius 2 is 2.42 bits per heavy atom. The number of nitrogens with zero attached hydrogens (tertiary/aromatic N) is 1. The smallest absolute Gasteiger partial charge is 0.137 e. The summed E-state index contributed by atoms with van der Waals surface area (Å²) in [6, 6.07) is 4.13. The summed E-state index contributed by atoms with van der Waals surface area (Å²) in [5.41, 5.74) is 0. The van der Waals surface area contributed by atoms with Gasteiger partial charge in [-0.05, 0) is 18.6 Å². The van der Waals surface area contributed by atoms with Crippen molar-refractivity contribution < 1.29 is 0 Å². The number of aryl methyl sites for hydroxylation is 1. The summed E-state index contributed by atoms with van der Waals surface area (Å²) >= 11 is 7.71. The molecule has 0 saturated carbocycles. The van der Waals surface area contributed by atoms with Gasteiger partial charge in [0.15, 0.2) is 0 Å². The maximum Gasteiger partial charge on any atom is 0.137 e. The number of pyridine rings is 1. The summed E-state index contributed by atoms with van der Waals surface area (Å²) in [6.07, 6.45) is 2.82. The Labute approximate surface area is 80.0 Å². The van der Waals surface area contributed by atoms with Crippen LogP contribution in [0.2, 0.25) is 5.15 Å². The second-order valence-electron chi connectivity index (χ2n) is 2.58. The Bertz CT molecular complexity index is 408. The molecule has 0 aliphatic carbocycles. The summed E-state index contributed by atoms with van der Waals surface area (Å²) in [4.78, 5) is 5.39. The minimum absolute atomic E-state index is 0.614. The van der Waals surface area contributed by atoms with Crippen LogP contribution in [0.3, 0.4) is 0 Å². The molecule has 0 atom stereocenters. The molecule has 0 radical (unpaired) electrons. The Kier molecular flexibility index (Phi) is 2.03. The summed E-state index contributed by atoms with van der Waals surface area (Å²) in [5.74, 6) is 0. The normalized spacial score (nSPS) is 10.8. The number of hydrogen-bond donors (Lipinski definition) is 0. The molecule has 0 aromatic carbocycles. The molecule has 0 saturated heterocycles. The first-order valence-corrected chi connectivity index (χ1v) is 5.03. The summed E-state index contributed by atoms with van der Waals surface area (Å²) in [7, 11) is 0. The van der Waals surface area contributed by atoms with Crippen molar-refractivity contribution in [2.24, 2.45) is 0 Å². The number of fused-ring (bicyclic) bond motifs is 1. The van der Waals surface area contributed by atoms with E-state index in [1.165, 1.54) is 9.58 Å². The molecular weight excluding hydrogens is 190 g/mol. The third-order valence-corrected chi connectivity index (χ3v) is 3.34. The van der Waals surface area contributed by atoms with Gasteiger partial charge >= 0.3 is 0 Å². The average Bonchev–Trinajstić information content (AvgIpc) is 2.49. The fourth-order valence-corrected chi connectivity index (χ4v) is 2.42. The molecule has 0 aliphatic heterocycles. The Hall–Kier alpha value is -0.600. The van der Waals surface area contributed by atoms with Crippen LogP contribution in [0.5, 0.6) is 0 Å². The first-order valence-electron chi connectivity index (χ1n) is 3.84. The summed E-state index contributed by atoms with van der Waals surface area (Å²) < 4.78 is 1.23. The zero-order chi connectivity index (χ0) is 8.55. The van der Waals surface area contributed by atoms with Crippen molar-refractivity contribution in [1.29, 1.82) is 0 Å². The van der Waals surface area contributed by atoms with Crippen molar-refractivity contribution in [2.45, 2.75) is 13.3 Å². The SMILES string of the molecule is CCc1cc2c(Cl)nccc2s1. The maximum atomic E-state index is 5.92. The van der Waals surface area contributed by atoms with Gasteiger partial charge in [0.05, 0.1) is 0 Å². The highest BCUT2D eigenvalue weighted by Gasteiger charge is 2.03. The molecule has 62 valence electrons. The topological polar surface area (TPSA) is 12.9 Å². The minimum Gasteiger partial charge on any atom is -0.244 e.